The second kappa shape index (κ2) is 7.63. The van der Waals surface area contributed by atoms with Crippen molar-refractivity contribution in [3.05, 3.63) is 23.3 Å². The van der Waals surface area contributed by atoms with Crippen molar-refractivity contribution in [2.45, 2.75) is 20.4 Å². The molecule has 0 aliphatic carbocycles. The molecule has 19 heavy (non-hydrogen) atoms. The molecule has 0 radical (unpaired) electrons. The summed E-state index contributed by atoms with van der Waals surface area (Å²) in [6.45, 7) is 5.43. The zero-order valence-corrected chi connectivity index (χ0v) is 12.0. The fourth-order valence-electron chi connectivity index (χ4n) is 1.75. The number of carbonyl (C=O) groups excluding carboxylic acids is 1. The van der Waals surface area contributed by atoms with Crippen LogP contribution in [-0.4, -0.2) is 33.2 Å². The van der Waals surface area contributed by atoms with Crippen molar-refractivity contribution >= 4 is 5.91 Å². The molecule has 1 aromatic rings. The van der Waals surface area contributed by atoms with Crippen LogP contribution in [0.3, 0.4) is 0 Å². The summed E-state index contributed by atoms with van der Waals surface area (Å²) in [5, 5.41) is 5.82. The summed E-state index contributed by atoms with van der Waals surface area (Å²) in [6, 6.07) is 3.80. The Balaban J connectivity index is 2.73. The van der Waals surface area contributed by atoms with Gasteiger partial charge in [0.2, 0.25) is 5.91 Å². The molecule has 1 aromatic carbocycles. The van der Waals surface area contributed by atoms with Gasteiger partial charge in [0.1, 0.15) is 11.5 Å². The first-order valence-electron chi connectivity index (χ1n) is 6.31. The van der Waals surface area contributed by atoms with E-state index in [-0.39, 0.29) is 5.91 Å². The summed E-state index contributed by atoms with van der Waals surface area (Å²) in [6.07, 6.45) is 0. The lowest BCUT2D eigenvalue weighted by Gasteiger charge is -2.13. The van der Waals surface area contributed by atoms with Gasteiger partial charge in [-0.25, -0.2) is 0 Å². The minimum Gasteiger partial charge on any atom is -0.496 e. The molecule has 0 unspecified atom stereocenters. The maximum Gasteiger partial charge on any atom is 0.234 e. The Morgan fingerprint density at radius 1 is 1.21 bits per heavy atom. The van der Waals surface area contributed by atoms with Crippen LogP contribution in [0.5, 0.6) is 11.5 Å². The topological polar surface area (TPSA) is 59.6 Å². The first kappa shape index (κ1) is 15.3. The van der Waals surface area contributed by atoms with Crippen LogP contribution in [-0.2, 0) is 11.3 Å². The van der Waals surface area contributed by atoms with Crippen molar-refractivity contribution in [2.24, 2.45) is 0 Å². The van der Waals surface area contributed by atoms with Gasteiger partial charge in [-0.15, -0.1) is 0 Å². The fraction of sp³-hybridized carbons (Fsp3) is 0.500. The molecule has 5 heteroatoms. The molecule has 1 amide bonds. The summed E-state index contributed by atoms with van der Waals surface area (Å²) in [4.78, 5) is 11.6. The van der Waals surface area contributed by atoms with Gasteiger partial charge in [0.15, 0.2) is 0 Å². The summed E-state index contributed by atoms with van der Waals surface area (Å²) >= 11 is 0. The van der Waals surface area contributed by atoms with Gasteiger partial charge in [-0.3, -0.25) is 4.79 Å². The molecule has 0 fully saturated rings. The lowest BCUT2D eigenvalue weighted by molar-refractivity contribution is -0.120. The van der Waals surface area contributed by atoms with E-state index in [1.807, 2.05) is 26.0 Å². The van der Waals surface area contributed by atoms with Crippen LogP contribution in [0, 0.1) is 6.92 Å². The molecule has 0 aliphatic rings. The summed E-state index contributed by atoms with van der Waals surface area (Å²) < 4.78 is 10.6. The van der Waals surface area contributed by atoms with Gasteiger partial charge < -0.3 is 20.1 Å². The van der Waals surface area contributed by atoms with Crippen LogP contribution in [0.1, 0.15) is 18.1 Å². The lowest BCUT2D eigenvalue weighted by Crippen LogP contribution is -2.33. The molecule has 0 atom stereocenters. The summed E-state index contributed by atoms with van der Waals surface area (Å²) in [7, 11) is 3.24. The summed E-state index contributed by atoms with van der Waals surface area (Å²) in [5.41, 5.74) is 1.90. The van der Waals surface area contributed by atoms with Crippen molar-refractivity contribution < 1.29 is 14.3 Å². The monoisotopic (exact) mass is 266 g/mol. The van der Waals surface area contributed by atoms with Gasteiger partial charge in [0.25, 0.3) is 0 Å². The molecule has 0 saturated carbocycles. The molecule has 0 saturated heterocycles. The quantitative estimate of drug-likeness (QED) is 0.779. The van der Waals surface area contributed by atoms with E-state index in [1.54, 1.807) is 14.2 Å². The smallest absolute Gasteiger partial charge is 0.234 e. The number of rotatable bonds is 7. The number of nitrogens with one attached hydrogen (secondary N) is 2. The van der Waals surface area contributed by atoms with Gasteiger partial charge in [0, 0.05) is 12.1 Å². The van der Waals surface area contributed by atoms with Crippen LogP contribution in [0.15, 0.2) is 12.1 Å². The van der Waals surface area contributed by atoms with Crippen molar-refractivity contribution in [3.63, 3.8) is 0 Å². The highest BCUT2D eigenvalue weighted by molar-refractivity contribution is 5.78. The van der Waals surface area contributed by atoms with Gasteiger partial charge in [-0.2, -0.15) is 0 Å². The van der Waals surface area contributed by atoms with Crippen molar-refractivity contribution in [3.8, 4) is 11.5 Å². The molecular formula is C14H22N2O3. The number of aryl methyl sites for hydroxylation is 1. The third-order valence-corrected chi connectivity index (χ3v) is 2.81. The number of ether oxygens (including phenoxy) is 2. The van der Waals surface area contributed by atoms with Crippen LogP contribution in [0.25, 0.3) is 0 Å². The molecule has 0 spiro atoms. The highest BCUT2D eigenvalue weighted by Gasteiger charge is 2.09. The van der Waals surface area contributed by atoms with E-state index in [9.17, 15) is 4.79 Å². The molecule has 106 valence electrons. The molecule has 0 heterocycles. The number of carbonyl (C=O) groups is 1. The zero-order valence-electron chi connectivity index (χ0n) is 12.0. The molecule has 0 aliphatic heterocycles. The minimum absolute atomic E-state index is 0.0385. The molecule has 0 bridgehead atoms. The Hall–Kier alpha value is -1.75. The van der Waals surface area contributed by atoms with Gasteiger partial charge in [-0.05, 0) is 31.2 Å². The Morgan fingerprint density at radius 3 is 2.47 bits per heavy atom. The van der Waals surface area contributed by atoms with Crippen LogP contribution >= 0.6 is 0 Å². The number of likely N-dealkylation sites (N-methyl/N-ethyl adjacent to an activating group) is 1. The number of methoxy groups -OCH3 is 2. The second-order valence-electron chi connectivity index (χ2n) is 4.19. The lowest BCUT2D eigenvalue weighted by atomic mass is 10.1. The van der Waals surface area contributed by atoms with Crippen molar-refractivity contribution in [1.82, 2.24) is 10.6 Å². The van der Waals surface area contributed by atoms with E-state index in [0.717, 1.165) is 29.2 Å². The van der Waals surface area contributed by atoms with Gasteiger partial charge >= 0.3 is 0 Å². The SMILES string of the molecule is CCNCC(=O)NCc1cc(OC)c(C)cc1OC. The highest BCUT2D eigenvalue weighted by Crippen LogP contribution is 2.27. The maximum absolute atomic E-state index is 11.6. The minimum atomic E-state index is -0.0385. The molecule has 0 aromatic heterocycles. The number of hydrogen-bond acceptors (Lipinski definition) is 4. The third-order valence-electron chi connectivity index (χ3n) is 2.81. The Labute approximate surface area is 114 Å². The van der Waals surface area contributed by atoms with Crippen molar-refractivity contribution in [1.29, 1.82) is 0 Å². The average molecular weight is 266 g/mol. The van der Waals surface area contributed by atoms with Crippen LogP contribution in [0.2, 0.25) is 0 Å². The van der Waals surface area contributed by atoms with Crippen molar-refractivity contribution in [2.75, 3.05) is 27.3 Å². The number of amides is 1. The predicted molar refractivity (Wildman–Crippen MR) is 74.7 cm³/mol. The number of benzene rings is 1. The fourth-order valence-corrected chi connectivity index (χ4v) is 1.75. The second-order valence-corrected chi connectivity index (χ2v) is 4.19. The maximum atomic E-state index is 11.6. The normalized spacial score (nSPS) is 10.1. The Morgan fingerprint density at radius 2 is 1.89 bits per heavy atom. The molecule has 1 rings (SSSR count). The first-order chi connectivity index (χ1) is 9.12. The third kappa shape index (κ3) is 4.44. The van der Waals surface area contributed by atoms with E-state index in [4.69, 9.17) is 9.47 Å². The van der Waals surface area contributed by atoms with E-state index in [1.165, 1.54) is 0 Å². The predicted octanol–water partition coefficient (Wildman–Crippen LogP) is 1.24. The van der Waals surface area contributed by atoms with Gasteiger partial charge in [0.05, 0.1) is 20.8 Å². The standard InChI is InChI=1S/C14H22N2O3/c1-5-15-9-14(17)16-8-11-7-12(18-3)10(2)6-13(11)19-4/h6-7,15H,5,8-9H2,1-4H3,(H,16,17). The molecule has 5 nitrogen and oxygen atoms in total. The Kier molecular flexibility index (Phi) is 6.15. The summed E-state index contributed by atoms with van der Waals surface area (Å²) in [5.74, 6) is 1.50. The van der Waals surface area contributed by atoms with Crippen LogP contribution in [0.4, 0.5) is 0 Å². The van der Waals surface area contributed by atoms with E-state index in [2.05, 4.69) is 10.6 Å². The largest absolute Gasteiger partial charge is 0.496 e. The van der Waals surface area contributed by atoms with E-state index in [0.29, 0.717) is 13.1 Å². The Bertz CT molecular complexity index is 433. The molecular weight excluding hydrogens is 244 g/mol. The highest BCUT2D eigenvalue weighted by atomic mass is 16.5. The van der Waals surface area contributed by atoms with E-state index < -0.39 is 0 Å². The van der Waals surface area contributed by atoms with E-state index >= 15 is 0 Å². The average Bonchev–Trinajstić information content (AvgIpc) is 2.43. The number of hydrogen-bond donors (Lipinski definition) is 2. The van der Waals surface area contributed by atoms with Crippen LogP contribution < -0.4 is 20.1 Å². The zero-order chi connectivity index (χ0) is 14.3. The van der Waals surface area contributed by atoms with Gasteiger partial charge in [-0.1, -0.05) is 6.92 Å². The molecule has 2 N–H and O–H groups in total. The first-order valence-corrected chi connectivity index (χ1v) is 6.31.